The van der Waals surface area contributed by atoms with E-state index in [4.69, 9.17) is 5.11 Å². The Bertz CT molecular complexity index is 493. The van der Waals surface area contributed by atoms with Crippen LogP contribution in [0.5, 0.6) is 0 Å². The molecule has 1 aromatic heterocycles. The number of carboxylic acids is 1. The molecule has 92 valence electrons. The van der Waals surface area contributed by atoms with Gasteiger partial charge in [0, 0.05) is 7.05 Å². The van der Waals surface area contributed by atoms with Gasteiger partial charge >= 0.3 is 5.97 Å². The summed E-state index contributed by atoms with van der Waals surface area (Å²) in [5.41, 5.74) is 0.187. The third-order valence-electron chi connectivity index (χ3n) is 2.78. The molecule has 1 aromatic rings. The highest BCUT2D eigenvalue weighted by molar-refractivity contribution is 8.01. The first kappa shape index (κ1) is 12.0. The fraction of sp³-hybridized carbons (Fsp3) is 0.455. The van der Waals surface area contributed by atoms with Crippen LogP contribution in [-0.2, 0) is 11.8 Å². The zero-order valence-electron chi connectivity index (χ0n) is 9.85. The molecule has 17 heavy (non-hydrogen) atoms. The highest BCUT2D eigenvalue weighted by atomic mass is 32.2. The maximum Gasteiger partial charge on any atom is 0.352 e. The topological polar surface area (TPSA) is 71.3 Å². The zero-order valence-corrected chi connectivity index (χ0v) is 10.7. The van der Waals surface area contributed by atoms with Crippen LogP contribution < -0.4 is 5.32 Å². The molecule has 0 bridgehead atoms. The van der Waals surface area contributed by atoms with E-state index < -0.39 is 5.97 Å². The number of rotatable bonds is 2. The smallest absolute Gasteiger partial charge is 0.352 e. The van der Waals surface area contributed by atoms with Gasteiger partial charge in [-0.1, -0.05) is 13.8 Å². The number of hydrogen-bond acceptors (Lipinski definition) is 3. The van der Waals surface area contributed by atoms with Crippen LogP contribution in [-0.4, -0.2) is 26.8 Å². The summed E-state index contributed by atoms with van der Waals surface area (Å²) in [5.74, 6) is -0.260. The van der Waals surface area contributed by atoms with Crippen molar-refractivity contribution in [3.05, 3.63) is 11.8 Å². The summed E-state index contributed by atoms with van der Waals surface area (Å²) >= 11 is 1.43. The van der Waals surface area contributed by atoms with Crippen LogP contribution in [0, 0.1) is 5.92 Å². The van der Waals surface area contributed by atoms with Gasteiger partial charge in [-0.2, -0.15) is 0 Å². The van der Waals surface area contributed by atoms with Crippen LogP contribution in [0.15, 0.2) is 11.0 Å². The second-order valence-electron chi connectivity index (χ2n) is 4.38. The van der Waals surface area contributed by atoms with Gasteiger partial charge in [0.05, 0.1) is 10.1 Å². The van der Waals surface area contributed by atoms with E-state index in [1.54, 1.807) is 13.1 Å². The van der Waals surface area contributed by atoms with Crippen molar-refractivity contribution in [2.24, 2.45) is 13.0 Å². The van der Waals surface area contributed by atoms with Gasteiger partial charge in [0.2, 0.25) is 5.91 Å². The van der Waals surface area contributed by atoms with Gasteiger partial charge in [-0.15, -0.1) is 11.8 Å². The molecule has 1 aliphatic heterocycles. The van der Waals surface area contributed by atoms with Gasteiger partial charge in [0.1, 0.15) is 11.5 Å². The van der Waals surface area contributed by atoms with Crippen LogP contribution in [0.25, 0.3) is 0 Å². The molecule has 0 radical (unpaired) electrons. The number of aromatic carboxylic acids is 1. The molecule has 2 N–H and O–H groups in total. The van der Waals surface area contributed by atoms with Crippen molar-refractivity contribution in [1.29, 1.82) is 0 Å². The maximum absolute atomic E-state index is 11.8. The molecule has 2 heterocycles. The van der Waals surface area contributed by atoms with E-state index in [-0.39, 0.29) is 22.8 Å². The van der Waals surface area contributed by atoms with Crippen LogP contribution in [0.2, 0.25) is 0 Å². The molecule has 2 rings (SSSR count). The fourth-order valence-corrected chi connectivity index (χ4v) is 3.02. The number of nitrogens with one attached hydrogen (secondary N) is 1. The Kier molecular flexibility index (Phi) is 2.91. The molecule has 0 aliphatic carbocycles. The van der Waals surface area contributed by atoms with Crippen molar-refractivity contribution in [1.82, 2.24) is 4.57 Å². The van der Waals surface area contributed by atoms with Crippen molar-refractivity contribution in [3.63, 3.8) is 0 Å². The number of fused-ring (bicyclic) bond motifs is 1. The van der Waals surface area contributed by atoms with E-state index in [0.29, 0.717) is 5.82 Å². The van der Waals surface area contributed by atoms with Gasteiger partial charge in [0.25, 0.3) is 0 Å². The highest BCUT2D eigenvalue weighted by Gasteiger charge is 2.32. The zero-order chi connectivity index (χ0) is 12.7. The molecule has 1 unspecified atom stereocenters. The number of anilines is 1. The molecule has 0 aromatic carbocycles. The average Bonchev–Trinajstić information content (AvgIpc) is 2.55. The second-order valence-corrected chi connectivity index (χ2v) is 5.56. The number of thioether (sulfide) groups is 1. The third kappa shape index (κ3) is 1.93. The lowest BCUT2D eigenvalue weighted by molar-refractivity contribution is -0.116. The number of aromatic nitrogens is 1. The standard InChI is InChI=1S/C11H14N2O3S/c1-5(2)8-10(14)12-9-7(17-8)4-6(11(15)16)13(9)3/h4-5,8H,1-3H3,(H,12,14)(H,15,16). The molecule has 5 nitrogen and oxygen atoms in total. The van der Waals surface area contributed by atoms with E-state index in [2.05, 4.69) is 5.32 Å². The Morgan fingerprint density at radius 1 is 1.59 bits per heavy atom. The molecule has 0 spiro atoms. The monoisotopic (exact) mass is 254 g/mol. The third-order valence-corrected chi connectivity index (χ3v) is 4.35. The Morgan fingerprint density at radius 3 is 2.76 bits per heavy atom. The number of carboxylic acid groups (broad SMARTS) is 1. The molecule has 0 saturated heterocycles. The number of nitrogens with zero attached hydrogens (tertiary/aromatic N) is 1. The quantitative estimate of drug-likeness (QED) is 0.844. The predicted molar refractivity (Wildman–Crippen MR) is 65.5 cm³/mol. The fourth-order valence-electron chi connectivity index (χ4n) is 1.83. The van der Waals surface area contributed by atoms with E-state index in [0.717, 1.165) is 4.90 Å². The first-order valence-electron chi connectivity index (χ1n) is 5.32. The summed E-state index contributed by atoms with van der Waals surface area (Å²) in [7, 11) is 1.64. The average molecular weight is 254 g/mol. The van der Waals surface area contributed by atoms with E-state index >= 15 is 0 Å². The minimum atomic E-state index is -0.988. The number of carbonyl (C=O) groups is 2. The van der Waals surface area contributed by atoms with Gasteiger partial charge in [0.15, 0.2) is 0 Å². The molecule has 6 heteroatoms. The van der Waals surface area contributed by atoms with Crippen LogP contribution in [0.1, 0.15) is 24.3 Å². The van der Waals surface area contributed by atoms with Crippen LogP contribution in [0.3, 0.4) is 0 Å². The van der Waals surface area contributed by atoms with Crippen molar-refractivity contribution in [2.45, 2.75) is 24.0 Å². The first-order valence-corrected chi connectivity index (χ1v) is 6.20. The van der Waals surface area contributed by atoms with Crippen LogP contribution in [0.4, 0.5) is 5.82 Å². The Morgan fingerprint density at radius 2 is 2.24 bits per heavy atom. The SMILES string of the molecule is CC(C)C1Sc2cc(C(=O)O)n(C)c2NC1=O. The lowest BCUT2D eigenvalue weighted by Gasteiger charge is -2.25. The Hall–Kier alpha value is -1.43. The summed E-state index contributed by atoms with van der Waals surface area (Å²) < 4.78 is 1.50. The molecule has 1 atom stereocenters. The Balaban J connectivity index is 2.43. The minimum absolute atomic E-state index is 0.0596. The van der Waals surface area contributed by atoms with Gasteiger partial charge in [-0.05, 0) is 12.0 Å². The predicted octanol–water partition coefficient (Wildman–Crippen LogP) is 1.79. The summed E-state index contributed by atoms with van der Waals surface area (Å²) in [6, 6.07) is 1.61. The van der Waals surface area contributed by atoms with Crippen molar-refractivity contribution in [3.8, 4) is 0 Å². The highest BCUT2D eigenvalue weighted by Crippen LogP contribution is 2.40. The summed E-state index contributed by atoms with van der Waals surface area (Å²) in [5, 5.41) is 11.6. The van der Waals surface area contributed by atoms with Crippen molar-refractivity contribution >= 4 is 29.5 Å². The molecule has 0 fully saturated rings. The van der Waals surface area contributed by atoms with Gasteiger partial charge in [-0.3, -0.25) is 4.79 Å². The van der Waals surface area contributed by atoms with Crippen molar-refractivity contribution in [2.75, 3.05) is 5.32 Å². The van der Waals surface area contributed by atoms with Gasteiger partial charge < -0.3 is 15.0 Å². The van der Waals surface area contributed by atoms with E-state index in [1.165, 1.54) is 16.3 Å². The largest absolute Gasteiger partial charge is 0.477 e. The maximum atomic E-state index is 11.8. The summed E-state index contributed by atoms with van der Waals surface area (Å²) in [6.45, 7) is 3.95. The lowest BCUT2D eigenvalue weighted by Crippen LogP contribution is -2.33. The van der Waals surface area contributed by atoms with Crippen LogP contribution >= 0.6 is 11.8 Å². The van der Waals surface area contributed by atoms with Gasteiger partial charge in [-0.25, -0.2) is 4.79 Å². The summed E-state index contributed by atoms with van der Waals surface area (Å²) in [4.78, 5) is 23.7. The molecular formula is C11H14N2O3S. The number of hydrogen-bond donors (Lipinski definition) is 2. The first-order chi connectivity index (χ1) is 7.91. The molecular weight excluding hydrogens is 240 g/mol. The minimum Gasteiger partial charge on any atom is -0.477 e. The van der Waals surface area contributed by atoms with E-state index in [1.807, 2.05) is 13.8 Å². The van der Waals surface area contributed by atoms with E-state index in [9.17, 15) is 9.59 Å². The summed E-state index contributed by atoms with van der Waals surface area (Å²) in [6.07, 6.45) is 0. The number of carbonyl (C=O) groups excluding carboxylic acids is 1. The molecule has 1 aliphatic rings. The second kappa shape index (κ2) is 4.10. The number of amides is 1. The Labute approximate surface area is 103 Å². The van der Waals surface area contributed by atoms with Crippen molar-refractivity contribution < 1.29 is 14.7 Å². The lowest BCUT2D eigenvalue weighted by atomic mass is 10.1. The normalized spacial score (nSPS) is 19.1. The molecule has 0 saturated carbocycles. The molecule has 1 amide bonds.